The Kier molecular flexibility index (Phi) is 6.78. The molecule has 1 amide bonds. The Morgan fingerprint density at radius 2 is 1.77 bits per heavy atom. The van der Waals surface area contributed by atoms with E-state index >= 15 is 0 Å². The number of phenols is 1. The standard InChI is InChI=1S/C24H30N4O2.HI/c1-27(2,3)20-11-9-17(10-12-20)24(30)26-25-16-19-15-18-7-5-13-28(4)14-6-8-21(22(18)28)23(19)29;/h9-12,15-16H,5-8,13-14H2,1-4H3;1H/p+1. The maximum Gasteiger partial charge on any atom is 0.271 e. The van der Waals surface area contributed by atoms with Crippen molar-refractivity contribution in [2.24, 2.45) is 5.10 Å². The molecule has 2 aliphatic heterocycles. The van der Waals surface area contributed by atoms with Crippen LogP contribution in [0.15, 0.2) is 35.4 Å². The van der Waals surface area contributed by atoms with Gasteiger partial charge in [-0.1, -0.05) is 0 Å². The maximum absolute atomic E-state index is 12.4. The minimum atomic E-state index is -0.262. The van der Waals surface area contributed by atoms with E-state index < -0.39 is 0 Å². The van der Waals surface area contributed by atoms with Gasteiger partial charge in [-0.05, 0) is 43.2 Å². The number of nitrogens with zero attached hydrogens (tertiary/aromatic N) is 3. The van der Waals surface area contributed by atoms with E-state index in [-0.39, 0.29) is 29.9 Å². The zero-order chi connectivity index (χ0) is 21.5. The zero-order valence-electron chi connectivity index (χ0n) is 18.8. The Labute approximate surface area is 201 Å². The third-order valence-corrected chi connectivity index (χ3v) is 6.47. The summed E-state index contributed by atoms with van der Waals surface area (Å²) in [6, 6.07) is 9.56. The molecule has 0 bridgehead atoms. The highest BCUT2D eigenvalue weighted by atomic mass is 127. The number of nitrogens with one attached hydrogen (secondary N) is 1. The third-order valence-electron chi connectivity index (χ3n) is 6.47. The van der Waals surface area contributed by atoms with Crippen LogP contribution < -0.4 is 38.4 Å². The number of phenolic OH excluding ortho intramolecular Hbond substituents is 1. The molecular weight excluding hydrogens is 503 g/mol. The van der Waals surface area contributed by atoms with E-state index in [2.05, 4.69) is 38.7 Å². The van der Waals surface area contributed by atoms with Crippen LogP contribution in [0.3, 0.4) is 0 Å². The van der Waals surface area contributed by atoms with Gasteiger partial charge in [-0.2, -0.15) is 5.10 Å². The molecule has 4 rings (SSSR count). The van der Waals surface area contributed by atoms with Gasteiger partial charge in [-0.3, -0.25) is 13.8 Å². The molecule has 0 saturated heterocycles. The molecule has 31 heavy (non-hydrogen) atoms. The Balaban J connectivity index is 0.00000272. The highest BCUT2D eigenvalue weighted by molar-refractivity contribution is 5.95. The lowest BCUT2D eigenvalue weighted by Crippen LogP contribution is -3.00. The molecule has 0 saturated carbocycles. The van der Waals surface area contributed by atoms with Crippen LogP contribution in [-0.2, 0) is 12.8 Å². The van der Waals surface area contributed by atoms with E-state index in [4.69, 9.17) is 0 Å². The Bertz CT molecular complexity index is 1010. The summed E-state index contributed by atoms with van der Waals surface area (Å²) in [5.41, 5.74) is 8.62. The highest BCUT2D eigenvalue weighted by Gasteiger charge is 2.38. The van der Waals surface area contributed by atoms with Gasteiger partial charge in [0.2, 0.25) is 0 Å². The number of hydrogen-bond acceptors (Lipinski definition) is 3. The number of halogens is 1. The number of benzene rings is 2. The summed E-state index contributed by atoms with van der Waals surface area (Å²) in [6.07, 6.45) is 5.73. The average Bonchev–Trinajstić information content (AvgIpc) is 2.70. The average molecular weight is 535 g/mol. The van der Waals surface area contributed by atoms with Crippen molar-refractivity contribution in [1.29, 1.82) is 0 Å². The fourth-order valence-corrected chi connectivity index (χ4v) is 4.85. The fraction of sp³-hybridized carbons (Fsp3) is 0.417. The number of aromatic hydroxyl groups is 1. The van der Waals surface area contributed by atoms with Crippen molar-refractivity contribution in [1.82, 2.24) is 14.4 Å². The molecule has 7 heteroatoms. The third kappa shape index (κ3) is 4.63. The van der Waals surface area contributed by atoms with Crippen molar-refractivity contribution in [2.45, 2.75) is 25.7 Å². The molecule has 0 aromatic heterocycles. The van der Waals surface area contributed by atoms with Crippen LogP contribution in [0.5, 0.6) is 5.75 Å². The van der Waals surface area contributed by atoms with Crippen LogP contribution in [0.2, 0.25) is 0 Å². The number of amides is 1. The number of aryl methyl sites for hydroxylation is 1. The van der Waals surface area contributed by atoms with Crippen LogP contribution in [-0.4, -0.2) is 58.5 Å². The maximum atomic E-state index is 12.4. The summed E-state index contributed by atoms with van der Waals surface area (Å²) in [4.78, 5) is 12.4. The molecule has 6 nitrogen and oxygen atoms in total. The fourth-order valence-electron chi connectivity index (χ4n) is 4.85. The quantitative estimate of drug-likeness (QED) is 0.254. The summed E-state index contributed by atoms with van der Waals surface area (Å²) in [5, 5.41) is 15.0. The number of hydrazone groups is 1. The molecule has 2 aliphatic rings. The van der Waals surface area contributed by atoms with Crippen molar-refractivity contribution in [3.63, 3.8) is 0 Å². The second-order valence-corrected chi connectivity index (χ2v) is 9.61. The van der Waals surface area contributed by atoms with Crippen LogP contribution in [0, 0.1) is 0 Å². The Hall–Kier alpha value is -1.97. The van der Waals surface area contributed by atoms with Gasteiger partial charge < -0.3 is 29.1 Å². The monoisotopic (exact) mass is 535 g/mol. The molecule has 1 atom stereocenters. The number of carbonyl (C=O) groups is 1. The molecule has 0 aliphatic carbocycles. The number of hydrogen-bond donors (Lipinski definition) is 2. The largest absolute Gasteiger partial charge is 1.00 e. The van der Waals surface area contributed by atoms with E-state index in [1.165, 1.54) is 11.3 Å². The molecule has 166 valence electrons. The van der Waals surface area contributed by atoms with Gasteiger partial charge in [-0.25, -0.2) is 5.43 Å². The molecule has 2 aromatic carbocycles. The van der Waals surface area contributed by atoms with E-state index in [9.17, 15) is 9.90 Å². The van der Waals surface area contributed by atoms with Crippen molar-refractivity contribution in [3.05, 3.63) is 52.6 Å². The van der Waals surface area contributed by atoms with Crippen LogP contribution in [0.25, 0.3) is 0 Å². The number of quaternary nitrogens is 2. The number of rotatable bonds is 4. The summed E-state index contributed by atoms with van der Waals surface area (Å²) in [7, 11) is 8.52. The van der Waals surface area contributed by atoms with E-state index in [0.717, 1.165) is 54.5 Å². The van der Waals surface area contributed by atoms with E-state index in [1.54, 1.807) is 6.21 Å². The first-order valence-corrected chi connectivity index (χ1v) is 10.7. The van der Waals surface area contributed by atoms with Crippen molar-refractivity contribution >= 4 is 23.5 Å². The molecule has 1 unspecified atom stereocenters. The van der Waals surface area contributed by atoms with Crippen molar-refractivity contribution in [3.8, 4) is 5.75 Å². The lowest BCUT2D eigenvalue weighted by atomic mass is 9.87. The first-order chi connectivity index (χ1) is 14.2. The molecular formula is C24H32IN4O2+. The summed E-state index contributed by atoms with van der Waals surface area (Å²) >= 11 is 0. The van der Waals surface area contributed by atoms with Gasteiger partial charge >= 0.3 is 0 Å². The van der Waals surface area contributed by atoms with Gasteiger partial charge in [0, 0.05) is 29.5 Å². The van der Waals surface area contributed by atoms with Crippen molar-refractivity contribution < 1.29 is 33.9 Å². The second-order valence-electron chi connectivity index (χ2n) is 9.61. The molecule has 0 radical (unpaired) electrons. The molecule has 2 aromatic rings. The van der Waals surface area contributed by atoms with Crippen LogP contribution in [0.1, 0.15) is 39.9 Å². The first kappa shape index (κ1) is 23.7. The zero-order valence-corrected chi connectivity index (χ0v) is 20.9. The van der Waals surface area contributed by atoms with Gasteiger partial charge in [0.05, 0.1) is 53.1 Å². The molecule has 2 heterocycles. The summed E-state index contributed by atoms with van der Waals surface area (Å²) < 4.78 is 1.62. The lowest BCUT2D eigenvalue weighted by Gasteiger charge is -2.43. The van der Waals surface area contributed by atoms with Gasteiger partial charge in [0.25, 0.3) is 5.91 Å². The van der Waals surface area contributed by atoms with Crippen molar-refractivity contribution in [2.75, 3.05) is 41.3 Å². The molecule has 0 spiro atoms. The smallest absolute Gasteiger partial charge is 0.271 e. The predicted octanol–water partition coefficient (Wildman–Crippen LogP) is 0.186. The summed E-state index contributed by atoms with van der Waals surface area (Å²) in [5.74, 6) is 0.0484. The van der Waals surface area contributed by atoms with Gasteiger partial charge in [0.1, 0.15) is 17.1 Å². The Morgan fingerprint density at radius 1 is 1.13 bits per heavy atom. The molecule has 0 fully saturated rings. The Morgan fingerprint density at radius 3 is 2.42 bits per heavy atom. The highest BCUT2D eigenvalue weighted by Crippen LogP contribution is 2.44. The predicted molar refractivity (Wildman–Crippen MR) is 123 cm³/mol. The summed E-state index contributed by atoms with van der Waals surface area (Å²) in [6.45, 7) is 2.27. The molecule has 2 N–H and O–H groups in total. The lowest BCUT2D eigenvalue weighted by molar-refractivity contribution is -0.0000155. The first-order valence-electron chi connectivity index (χ1n) is 10.7. The van der Waals surface area contributed by atoms with Crippen LogP contribution >= 0.6 is 0 Å². The van der Waals surface area contributed by atoms with Gasteiger partial charge in [-0.15, -0.1) is 0 Å². The number of carbonyl (C=O) groups excluding carboxylic acids is 1. The van der Waals surface area contributed by atoms with E-state index in [1.807, 2.05) is 30.3 Å². The minimum absolute atomic E-state index is 0. The second kappa shape index (κ2) is 8.88. The topological polar surface area (TPSA) is 61.7 Å². The van der Waals surface area contributed by atoms with E-state index in [0.29, 0.717) is 21.4 Å². The minimum Gasteiger partial charge on any atom is -1.00 e. The van der Waals surface area contributed by atoms with Crippen LogP contribution in [0.4, 0.5) is 11.4 Å². The SMILES string of the molecule is C[N+](C)(C)c1ccc(C(=O)N/N=C/c2cc3c4c(c2O)CCC[N+]4(C)CCC3)cc1.[I-]. The van der Waals surface area contributed by atoms with Gasteiger partial charge in [0.15, 0.2) is 0 Å². The normalized spacial score (nSPS) is 20.1.